The fraction of sp³-hybridized carbons (Fsp3) is 0.154. The van der Waals surface area contributed by atoms with Gasteiger partial charge in [0.15, 0.2) is 0 Å². The monoisotopic (exact) mass is 268 g/mol. The van der Waals surface area contributed by atoms with Crippen LogP contribution in [0.1, 0.15) is 11.1 Å². The van der Waals surface area contributed by atoms with Crippen LogP contribution in [-0.2, 0) is 6.42 Å². The number of nitrogen functional groups attached to an aromatic ring is 1. The molecule has 0 radical (unpaired) electrons. The number of hydrogen-bond donors (Lipinski definition) is 1. The summed E-state index contributed by atoms with van der Waals surface area (Å²) in [6, 6.07) is 9.29. The van der Waals surface area contributed by atoms with E-state index in [1.807, 2.05) is 0 Å². The Labute approximate surface area is 107 Å². The van der Waals surface area contributed by atoms with Crippen LogP contribution in [0.4, 0.5) is 19.0 Å². The van der Waals surface area contributed by atoms with Crippen molar-refractivity contribution in [2.24, 2.45) is 0 Å². The molecule has 2 rings (SSSR count). The zero-order valence-electron chi connectivity index (χ0n) is 9.82. The first-order valence-electron chi connectivity index (χ1n) is 5.47. The first-order valence-corrected chi connectivity index (χ1v) is 5.47. The van der Waals surface area contributed by atoms with Gasteiger partial charge in [0.05, 0.1) is 0 Å². The number of nitrogens with zero attached hydrogens (tertiary/aromatic N) is 1. The third kappa shape index (κ3) is 4.17. The van der Waals surface area contributed by atoms with E-state index in [-0.39, 0.29) is 5.75 Å². The number of hydrogen-bond acceptors (Lipinski definition) is 3. The third-order valence-electron chi connectivity index (χ3n) is 2.39. The summed E-state index contributed by atoms with van der Waals surface area (Å²) < 4.78 is 40.2. The number of nitrogens with two attached hydrogens (primary N) is 1. The van der Waals surface area contributed by atoms with E-state index in [0.29, 0.717) is 17.8 Å². The molecule has 0 fully saturated rings. The quantitative estimate of drug-likeness (QED) is 0.930. The molecule has 1 aromatic carbocycles. The zero-order valence-corrected chi connectivity index (χ0v) is 9.82. The van der Waals surface area contributed by atoms with E-state index in [1.54, 1.807) is 24.4 Å². The van der Waals surface area contributed by atoms with Gasteiger partial charge >= 0.3 is 6.36 Å². The number of halogens is 3. The highest BCUT2D eigenvalue weighted by atomic mass is 19.4. The van der Waals surface area contributed by atoms with E-state index < -0.39 is 6.36 Å². The van der Waals surface area contributed by atoms with Gasteiger partial charge in [0.1, 0.15) is 11.6 Å². The van der Waals surface area contributed by atoms with Gasteiger partial charge in [-0.25, -0.2) is 4.98 Å². The predicted molar refractivity (Wildman–Crippen MR) is 64.6 cm³/mol. The van der Waals surface area contributed by atoms with E-state index in [4.69, 9.17) is 5.73 Å². The molecule has 0 bridgehead atoms. The highest BCUT2D eigenvalue weighted by Gasteiger charge is 2.31. The van der Waals surface area contributed by atoms with Crippen molar-refractivity contribution < 1.29 is 17.9 Å². The minimum atomic E-state index is -4.68. The highest BCUT2D eigenvalue weighted by Crippen LogP contribution is 2.24. The van der Waals surface area contributed by atoms with Crippen molar-refractivity contribution in [3.63, 3.8) is 0 Å². The molecule has 2 aromatic rings. The summed E-state index contributed by atoms with van der Waals surface area (Å²) in [7, 11) is 0. The molecule has 0 spiro atoms. The largest absolute Gasteiger partial charge is 0.573 e. The van der Waals surface area contributed by atoms with E-state index >= 15 is 0 Å². The minimum absolute atomic E-state index is 0.230. The Bertz CT molecular complexity index is 570. The summed E-state index contributed by atoms with van der Waals surface area (Å²) in [5.41, 5.74) is 7.11. The topological polar surface area (TPSA) is 48.1 Å². The molecular formula is C13H11F3N2O. The van der Waals surface area contributed by atoms with E-state index in [0.717, 1.165) is 5.56 Å². The number of pyridine rings is 1. The number of ether oxygens (including phenoxy) is 1. The van der Waals surface area contributed by atoms with Crippen LogP contribution in [0.3, 0.4) is 0 Å². The van der Waals surface area contributed by atoms with Crippen LogP contribution in [0.2, 0.25) is 0 Å². The maximum atomic E-state index is 12.1. The fourth-order valence-electron chi connectivity index (χ4n) is 1.69. The Hall–Kier alpha value is -2.24. The molecule has 1 aromatic heterocycles. The lowest BCUT2D eigenvalue weighted by Crippen LogP contribution is -2.17. The van der Waals surface area contributed by atoms with Gasteiger partial charge in [-0.1, -0.05) is 12.1 Å². The van der Waals surface area contributed by atoms with Crippen LogP contribution in [-0.4, -0.2) is 11.3 Å². The smallest absolute Gasteiger partial charge is 0.406 e. The van der Waals surface area contributed by atoms with Crippen LogP contribution in [0.25, 0.3) is 0 Å². The zero-order chi connectivity index (χ0) is 13.9. The molecule has 0 saturated heterocycles. The van der Waals surface area contributed by atoms with Crippen molar-refractivity contribution in [1.82, 2.24) is 4.98 Å². The maximum Gasteiger partial charge on any atom is 0.573 e. The van der Waals surface area contributed by atoms with Gasteiger partial charge in [0.25, 0.3) is 0 Å². The average molecular weight is 268 g/mol. The molecule has 0 atom stereocenters. The number of aromatic nitrogens is 1. The van der Waals surface area contributed by atoms with E-state index in [2.05, 4.69) is 9.72 Å². The fourth-order valence-corrected chi connectivity index (χ4v) is 1.69. The lowest BCUT2D eigenvalue weighted by atomic mass is 10.1. The first kappa shape index (κ1) is 13.2. The average Bonchev–Trinajstić information content (AvgIpc) is 2.27. The molecule has 2 N–H and O–H groups in total. The SMILES string of the molecule is Nc1cc(Cc2cccc(OC(F)(F)F)c2)ccn1. The summed E-state index contributed by atoms with van der Waals surface area (Å²) in [5.74, 6) is 0.146. The lowest BCUT2D eigenvalue weighted by molar-refractivity contribution is -0.274. The van der Waals surface area contributed by atoms with Gasteiger partial charge < -0.3 is 10.5 Å². The van der Waals surface area contributed by atoms with Crippen molar-refractivity contribution in [1.29, 1.82) is 0 Å². The molecular weight excluding hydrogens is 257 g/mol. The van der Waals surface area contributed by atoms with Gasteiger partial charge in [-0.15, -0.1) is 13.2 Å². The van der Waals surface area contributed by atoms with Crippen LogP contribution in [0, 0.1) is 0 Å². The second-order valence-corrected chi connectivity index (χ2v) is 3.96. The van der Waals surface area contributed by atoms with Gasteiger partial charge in [-0.3, -0.25) is 0 Å². The van der Waals surface area contributed by atoms with Gasteiger partial charge in [0, 0.05) is 6.20 Å². The van der Waals surface area contributed by atoms with Crippen molar-refractivity contribution in [3.8, 4) is 5.75 Å². The molecule has 0 amide bonds. The number of benzene rings is 1. The predicted octanol–water partition coefficient (Wildman–Crippen LogP) is 3.15. The molecule has 3 nitrogen and oxygen atoms in total. The second-order valence-electron chi connectivity index (χ2n) is 3.96. The molecule has 0 unspecified atom stereocenters. The van der Waals surface area contributed by atoms with Crippen molar-refractivity contribution in [2.45, 2.75) is 12.8 Å². The molecule has 0 saturated carbocycles. The summed E-state index contributed by atoms with van der Waals surface area (Å²) in [6.45, 7) is 0. The Kier molecular flexibility index (Phi) is 3.59. The molecule has 0 aliphatic rings. The summed E-state index contributed by atoms with van der Waals surface area (Å²) >= 11 is 0. The minimum Gasteiger partial charge on any atom is -0.406 e. The number of anilines is 1. The van der Waals surface area contributed by atoms with Gasteiger partial charge in [0.2, 0.25) is 0 Å². The Morgan fingerprint density at radius 1 is 1.11 bits per heavy atom. The Morgan fingerprint density at radius 2 is 1.84 bits per heavy atom. The Balaban J connectivity index is 2.15. The normalized spacial score (nSPS) is 11.3. The summed E-state index contributed by atoms with van der Waals surface area (Å²) in [4.78, 5) is 3.85. The molecule has 19 heavy (non-hydrogen) atoms. The Morgan fingerprint density at radius 3 is 2.53 bits per heavy atom. The molecule has 0 aliphatic heterocycles. The number of alkyl halides is 3. The second kappa shape index (κ2) is 5.17. The van der Waals surface area contributed by atoms with Gasteiger partial charge in [-0.2, -0.15) is 0 Å². The van der Waals surface area contributed by atoms with Crippen LogP contribution < -0.4 is 10.5 Å². The van der Waals surface area contributed by atoms with Crippen molar-refractivity contribution in [2.75, 3.05) is 5.73 Å². The molecule has 6 heteroatoms. The van der Waals surface area contributed by atoms with Crippen LogP contribution in [0.15, 0.2) is 42.6 Å². The standard InChI is InChI=1S/C13H11F3N2O/c14-13(15,16)19-11-3-1-2-9(7-11)6-10-4-5-18-12(17)8-10/h1-5,7-8H,6H2,(H2,17,18). The molecule has 1 heterocycles. The highest BCUT2D eigenvalue weighted by molar-refractivity contribution is 5.37. The van der Waals surface area contributed by atoms with Gasteiger partial charge in [-0.05, 0) is 41.8 Å². The summed E-state index contributed by atoms with van der Waals surface area (Å²) in [6.07, 6.45) is -2.66. The molecule has 0 aliphatic carbocycles. The number of rotatable bonds is 3. The summed E-state index contributed by atoms with van der Waals surface area (Å²) in [5, 5.41) is 0. The van der Waals surface area contributed by atoms with E-state index in [9.17, 15) is 13.2 Å². The van der Waals surface area contributed by atoms with Crippen LogP contribution in [0.5, 0.6) is 5.75 Å². The first-order chi connectivity index (χ1) is 8.92. The van der Waals surface area contributed by atoms with Crippen molar-refractivity contribution >= 4 is 5.82 Å². The van der Waals surface area contributed by atoms with E-state index in [1.165, 1.54) is 18.2 Å². The lowest BCUT2D eigenvalue weighted by Gasteiger charge is -2.10. The molecule has 100 valence electrons. The maximum absolute atomic E-state index is 12.1. The van der Waals surface area contributed by atoms with Crippen LogP contribution >= 0.6 is 0 Å². The third-order valence-corrected chi connectivity index (χ3v) is 2.39. The van der Waals surface area contributed by atoms with Crippen molar-refractivity contribution in [3.05, 3.63) is 53.7 Å².